The minimum absolute atomic E-state index is 0.474. The molecule has 0 radical (unpaired) electrons. The summed E-state index contributed by atoms with van der Waals surface area (Å²) in [5, 5.41) is 10.1. The van der Waals surface area contributed by atoms with Crippen molar-refractivity contribution in [3.63, 3.8) is 0 Å². The van der Waals surface area contributed by atoms with Gasteiger partial charge in [0, 0.05) is 12.6 Å². The lowest BCUT2D eigenvalue weighted by Gasteiger charge is -2.03. The van der Waals surface area contributed by atoms with Crippen molar-refractivity contribution in [2.75, 3.05) is 12.3 Å². The van der Waals surface area contributed by atoms with E-state index < -0.39 is 0 Å². The van der Waals surface area contributed by atoms with E-state index in [1.54, 1.807) is 11.3 Å². The first-order chi connectivity index (χ1) is 9.81. The monoisotopic (exact) mass is 304 g/mol. The van der Waals surface area contributed by atoms with Crippen LogP contribution in [0.3, 0.4) is 0 Å². The number of benzene rings is 1. The van der Waals surface area contributed by atoms with Gasteiger partial charge < -0.3 is 10.5 Å². The average molecular weight is 304 g/mol. The summed E-state index contributed by atoms with van der Waals surface area (Å²) in [6.07, 6.45) is 2.58. The number of aromatic nitrogens is 3. The molecule has 3 aromatic rings. The molecule has 0 aliphatic rings. The maximum absolute atomic E-state index is 5.65. The van der Waals surface area contributed by atoms with E-state index in [1.807, 2.05) is 36.5 Å². The second-order valence-corrected chi connectivity index (χ2v) is 6.10. The molecule has 0 amide bonds. The summed E-state index contributed by atoms with van der Waals surface area (Å²) in [6, 6.07) is 9.76. The highest BCUT2D eigenvalue weighted by molar-refractivity contribution is 7.23. The van der Waals surface area contributed by atoms with Crippen molar-refractivity contribution < 1.29 is 4.74 Å². The zero-order valence-corrected chi connectivity index (χ0v) is 12.2. The van der Waals surface area contributed by atoms with Crippen LogP contribution in [0.25, 0.3) is 9.88 Å². The molecule has 0 aliphatic heterocycles. The van der Waals surface area contributed by atoms with Crippen LogP contribution in [0.1, 0.15) is 5.01 Å². The third-order valence-corrected chi connectivity index (χ3v) is 4.51. The van der Waals surface area contributed by atoms with Gasteiger partial charge in [0.05, 0.1) is 16.5 Å². The van der Waals surface area contributed by atoms with Gasteiger partial charge in [-0.1, -0.05) is 29.5 Å². The molecule has 0 saturated heterocycles. The van der Waals surface area contributed by atoms with Crippen molar-refractivity contribution in [1.29, 1.82) is 0 Å². The van der Waals surface area contributed by atoms with Gasteiger partial charge in [0.2, 0.25) is 5.13 Å². The lowest BCUT2D eigenvalue weighted by molar-refractivity contribution is 0.322. The zero-order valence-electron chi connectivity index (χ0n) is 10.5. The highest BCUT2D eigenvalue weighted by Gasteiger charge is 2.09. The van der Waals surface area contributed by atoms with Gasteiger partial charge in [-0.25, -0.2) is 4.98 Å². The molecular formula is C13H12N4OS2. The van der Waals surface area contributed by atoms with E-state index in [0.29, 0.717) is 11.7 Å². The summed E-state index contributed by atoms with van der Waals surface area (Å²) < 4.78 is 5.65. The fourth-order valence-electron chi connectivity index (χ4n) is 1.63. The molecular weight excluding hydrogens is 292 g/mol. The van der Waals surface area contributed by atoms with Crippen LogP contribution in [0.15, 0.2) is 36.5 Å². The van der Waals surface area contributed by atoms with E-state index >= 15 is 0 Å². The number of anilines is 1. The largest absolute Gasteiger partial charge is 0.493 e. The molecule has 0 unspecified atom stereocenters. The number of nitrogens with zero attached hydrogens (tertiary/aromatic N) is 3. The number of nitrogen functional groups attached to an aromatic ring is 1. The molecule has 102 valence electrons. The van der Waals surface area contributed by atoms with E-state index in [1.165, 1.54) is 11.3 Å². The topological polar surface area (TPSA) is 73.9 Å². The molecule has 3 rings (SSSR count). The zero-order chi connectivity index (χ0) is 13.8. The minimum Gasteiger partial charge on any atom is -0.493 e. The Bertz CT molecular complexity index is 681. The molecule has 5 nitrogen and oxygen atoms in total. The molecule has 2 N–H and O–H groups in total. The quantitative estimate of drug-likeness (QED) is 0.784. The Labute approximate surface area is 124 Å². The molecule has 0 bridgehead atoms. The number of hydrogen-bond donors (Lipinski definition) is 1. The lowest BCUT2D eigenvalue weighted by atomic mass is 10.3. The van der Waals surface area contributed by atoms with Crippen LogP contribution in [-0.4, -0.2) is 21.8 Å². The normalized spacial score (nSPS) is 10.6. The van der Waals surface area contributed by atoms with Crippen molar-refractivity contribution in [1.82, 2.24) is 15.2 Å². The first kappa shape index (κ1) is 13.0. The third-order valence-electron chi connectivity index (χ3n) is 2.53. The van der Waals surface area contributed by atoms with Crippen molar-refractivity contribution in [2.24, 2.45) is 0 Å². The molecule has 0 spiro atoms. The molecule has 0 fully saturated rings. The Hall–Kier alpha value is -1.99. The summed E-state index contributed by atoms with van der Waals surface area (Å²) in [4.78, 5) is 5.36. The molecule has 0 aliphatic carbocycles. The van der Waals surface area contributed by atoms with Gasteiger partial charge in [-0.3, -0.25) is 0 Å². The number of thiazole rings is 1. The van der Waals surface area contributed by atoms with Crippen LogP contribution in [-0.2, 0) is 6.42 Å². The van der Waals surface area contributed by atoms with E-state index in [0.717, 1.165) is 27.1 Å². The second kappa shape index (κ2) is 5.98. The van der Waals surface area contributed by atoms with Crippen molar-refractivity contribution in [3.8, 4) is 15.6 Å². The summed E-state index contributed by atoms with van der Waals surface area (Å²) in [7, 11) is 0. The van der Waals surface area contributed by atoms with Crippen LogP contribution in [0.5, 0.6) is 5.75 Å². The first-order valence-electron chi connectivity index (χ1n) is 6.03. The molecule has 7 heteroatoms. The van der Waals surface area contributed by atoms with Gasteiger partial charge in [-0.15, -0.1) is 21.5 Å². The third kappa shape index (κ3) is 3.12. The number of ether oxygens (including phenoxy) is 1. The highest BCUT2D eigenvalue weighted by Crippen LogP contribution is 2.29. The first-order valence-corrected chi connectivity index (χ1v) is 7.66. The van der Waals surface area contributed by atoms with Crippen LogP contribution < -0.4 is 10.5 Å². The summed E-state index contributed by atoms with van der Waals surface area (Å²) in [6.45, 7) is 0.606. The summed E-state index contributed by atoms with van der Waals surface area (Å²) in [5.74, 6) is 0.876. The molecule has 2 aromatic heterocycles. The summed E-state index contributed by atoms with van der Waals surface area (Å²) in [5.41, 5.74) is 5.58. The van der Waals surface area contributed by atoms with E-state index in [2.05, 4.69) is 15.2 Å². The SMILES string of the molecule is Nc1nnc(-c2cnc(CCOc3ccccc3)s2)s1. The average Bonchev–Trinajstić information content (AvgIpc) is 3.09. The van der Waals surface area contributed by atoms with E-state index in [4.69, 9.17) is 10.5 Å². The Balaban J connectivity index is 1.58. The molecule has 1 aromatic carbocycles. The minimum atomic E-state index is 0.474. The van der Waals surface area contributed by atoms with Crippen LogP contribution in [0, 0.1) is 0 Å². The van der Waals surface area contributed by atoms with E-state index in [-0.39, 0.29) is 0 Å². The Morgan fingerprint density at radius 2 is 1.95 bits per heavy atom. The van der Waals surface area contributed by atoms with Gasteiger partial charge in [-0.2, -0.15) is 0 Å². The van der Waals surface area contributed by atoms with Gasteiger partial charge in [0.15, 0.2) is 5.01 Å². The number of para-hydroxylation sites is 1. The van der Waals surface area contributed by atoms with Crippen molar-refractivity contribution in [3.05, 3.63) is 41.5 Å². The van der Waals surface area contributed by atoms with Gasteiger partial charge >= 0.3 is 0 Å². The Morgan fingerprint density at radius 3 is 2.70 bits per heavy atom. The summed E-state index contributed by atoms with van der Waals surface area (Å²) >= 11 is 2.97. The molecule has 0 atom stereocenters. The molecule has 20 heavy (non-hydrogen) atoms. The van der Waals surface area contributed by atoms with Gasteiger partial charge in [0.25, 0.3) is 0 Å². The second-order valence-electron chi connectivity index (χ2n) is 3.98. The van der Waals surface area contributed by atoms with Crippen molar-refractivity contribution in [2.45, 2.75) is 6.42 Å². The van der Waals surface area contributed by atoms with Gasteiger partial charge in [0.1, 0.15) is 5.75 Å². The fourth-order valence-corrected chi connectivity index (χ4v) is 3.17. The van der Waals surface area contributed by atoms with Crippen LogP contribution in [0.2, 0.25) is 0 Å². The van der Waals surface area contributed by atoms with E-state index in [9.17, 15) is 0 Å². The number of rotatable bonds is 5. The predicted octanol–water partition coefficient (Wildman–Crippen LogP) is 2.87. The predicted molar refractivity (Wildman–Crippen MR) is 81.1 cm³/mol. The highest BCUT2D eigenvalue weighted by atomic mass is 32.1. The molecule has 2 heterocycles. The maximum atomic E-state index is 5.65. The van der Waals surface area contributed by atoms with Gasteiger partial charge in [-0.05, 0) is 12.1 Å². The lowest BCUT2D eigenvalue weighted by Crippen LogP contribution is -2.00. The number of hydrogen-bond acceptors (Lipinski definition) is 7. The van der Waals surface area contributed by atoms with Crippen molar-refractivity contribution >= 4 is 27.8 Å². The number of nitrogens with two attached hydrogens (primary N) is 1. The maximum Gasteiger partial charge on any atom is 0.203 e. The smallest absolute Gasteiger partial charge is 0.203 e. The Morgan fingerprint density at radius 1 is 1.10 bits per heavy atom. The van der Waals surface area contributed by atoms with Crippen LogP contribution >= 0.6 is 22.7 Å². The fraction of sp³-hybridized carbons (Fsp3) is 0.154. The standard InChI is InChI=1S/C13H12N4OS2/c14-13-17-16-12(20-13)10-8-15-11(19-10)6-7-18-9-4-2-1-3-5-9/h1-5,8H,6-7H2,(H2,14,17). The van der Waals surface area contributed by atoms with Crippen LogP contribution in [0.4, 0.5) is 5.13 Å². The Kier molecular flexibility index (Phi) is 3.89. The molecule has 0 saturated carbocycles.